The van der Waals surface area contributed by atoms with Gasteiger partial charge in [0.2, 0.25) is 0 Å². The summed E-state index contributed by atoms with van der Waals surface area (Å²) in [6.07, 6.45) is 7.47. The van der Waals surface area contributed by atoms with E-state index in [1.807, 2.05) is 6.07 Å². The van der Waals surface area contributed by atoms with Crippen LogP contribution >= 0.6 is 23.2 Å². The molecule has 2 fully saturated rings. The molecule has 0 radical (unpaired) electrons. The Hall–Kier alpha value is -0.470. The molecule has 2 saturated carbocycles. The number of halogens is 2. The van der Waals surface area contributed by atoms with Gasteiger partial charge in [-0.2, -0.15) is 0 Å². The van der Waals surface area contributed by atoms with E-state index in [0.717, 1.165) is 35.7 Å². The number of pyridine rings is 1. The predicted octanol–water partition coefficient (Wildman–Crippen LogP) is 4.35. The van der Waals surface area contributed by atoms with Crippen LogP contribution in [-0.4, -0.2) is 18.6 Å². The summed E-state index contributed by atoms with van der Waals surface area (Å²) in [6, 6.07) is 2.02. The Morgan fingerprint density at radius 2 is 2.21 bits per heavy atom. The van der Waals surface area contributed by atoms with E-state index >= 15 is 0 Å². The van der Waals surface area contributed by atoms with Gasteiger partial charge in [-0.15, -0.1) is 11.6 Å². The van der Waals surface area contributed by atoms with Gasteiger partial charge in [-0.3, -0.25) is 0 Å². The molecule has 2 bridgehead atoms. The molecule has 0 spiro atoms. The molecule has 3 rings (SSSR count). The molecule has 1 aromatic heterocycles. The van der Waals surface area contributed by atoms with E-state index in [0.29, 0.717) is 10.9 Å². The zero-order chi connectivity index (χ0) is 13.4. The summed E-state index contributed by atoms with van der Waals surface area (Å²) in [5.41, 5.74) is 0.966. The summed E-state index contributed by atoms with van der Waals surface area (Å²) in [7, 11) is 2.13. The predicted molar refractivity (Wildman–Crippen MR) is 81.0 cm³/mol. The monoisotopic (exact) mass is 298 g/mol. The van der Waals surface area contributed by atoms with Crippen LogP contribution in [0.4, 0.5) is 5.82 Å². The summed E-state index contributed by atoms with van der Waals surface area (Å²) >= 11 is 12.0. The van der Waals surface area contributed by atoms with E-state index in [1.165, 1.54) is 25.7 Å². The average Bonchev–Trinajstić information content (AvgIpc) is 3.01. The van der Waals surface area contributed by atoms with Crippen LogP contribution in [0.25, 0.3) is 0 Å². The number of alkyl halides is 1. The third-order valence-corrected chi connectivity index (χ3v) is 5.48. The molecular formula is C15H20Cl2N2. The lowest BCUT2D eigenvalue weighted by molar-refractivity contribution is 0.337. The van der Waals surface area contributed by atoms with Crippen LogP contribution in [0, 0.1) is 17.8 Å². The lowest BCUT2D eigenvalue weighted by Crippen LogP contribution is -2.29. The minimum Gasteiger partial charge on any atom is -0.359 e. The fourth-order valence-electron chi connectivity index (χ4n) is 3.82. The lowest BCUT2D eigenvalue weighted by atomic mass is 9.88. The van der Waals surface area contributed by atoms with Gasteiger partial charge in [0.1, 0.15) is 5.82 Å². The molecule has 0 saturated heterocycles. The van der Waals surface area contributed by atoms with Crippen molar-refractivity contribution in [1.82, 2.24) is 4.98 Å². The highest BCUT2D eigenvalue weighted by molar-refractivity contribution is 6.32. The third kappa shape index (κ3) is 2.71. The fraction of sp³-hybridized carbons (Fsp3) is 0.667. The Labute approximate surface area is 125 Å². The molecule has 19 heavy (non-hydrogen) atoms. The molecule has 104 valence electrons. The highest BCUT2D eigenvalue weighted by Gasteiger charge is 2.39. The fourth-order valence-corrected chi connectivity index (χ4v) is 4.28. The molecule has 3 unspecified atom stereocenters. The minimum atomic E-state index is 0.441. The van der Waals surface area contributed by atoms with Gasteiger partial charge in [0, 0.05) is 25.7 Å². The first kappa shape index (κ1) is 13.5. The normalized spacial score (nSPS) is 28.9. The SMILES string of the molecule is CN(CC1CC2CCC1C2)c1cc(CCl)c(Cl)cn1. The second-order valence-electron chi connectivity index (χ2n) is 6.08. The molecule has 0 aromatic carbocycles. The van der Waals surface area contributed by atoms with Crippen molar-refractivity contribution in [3.8, 4) is 0 Å². The van der Waals surface area contributed by atoms with Crippen LogP contribution in [0.3, 0.4) is 0 Å². The molecule has 1 heterocycles. The first-order valence-electron chi connectivity index (χ1n) is 7.09. The smallest absolute Gasteiger partial charge is 0.128 e. The van der Waals surface area contributed by atoms with Crippen molar-refractivity contribution in [2.45, 2.75) is 31.6 Å². The van der Waals surface area contributed by atoms with Crippen molar-refractivity contribution in [2.24, 2.45) is 17.8 Å². The summed E-state index contributed by atoms with van der Waals surface area (Å²) in [5.74, 6) is 4.23. The Balaban J connectivity index is 1.68. The van der Waals surface area contributed by atoms with Crippen molar-refractivity contribution < 1.29 is 0 Å². The largest absolute Gasteiger partial charge is 0.359 e. The molecule has 0 amide bonds. The Morgan fingerprint density at radius 1 is 1.37 bits per heavy atom. The molecular weight excluding hydrogens is 279 g/mol. The summed E-state index contributed by atoms with van der Waals surface area (Å²) in [4.78, 5) is 6.69. The van der Waals surface area contributed by atoms with Gasteiger partial charge < -0.3 is 4.90 Å². The maximum Gasteiger partial charge on any atom is 0.128 e. The van der Waals surface area contributed by atoms with Crippen molar-refractivity contribution in [3.63, 3.8) is 0 Å². The second-order valence-corrected chi connectivity index (χ2v) is 6.76. The highest BCUT2D eigenvalue weighted by Crippen LogP contribution is 2.48. The van der Waals surface area contributed by atoms with E-state index in [2.05, 4.69) is 16.9 Å². The van der Waals surface area contributed by atoms with Gasteiger partial charge in [0.05, 0.1) is 5.02 Å². The number of fused-ring (bicyclic) bond motifs is 2. The van der Waals surface area contributed by atoms with Crippen LogP contribution in [0.2, 0.25) is 5.02 Å². The molecule has 0 aliphatic heterocycles. The number of anilines is 1. The maximum absolute atomic E-state index is 6.06. The van der Waals surface area contributed by atoms with E-state index in [-0.39, 0.29) is 0 Å². The van der Waals surface area contributed by atoms with E-state index < -0.39 is 0 Å². The van der Waals surface area contributed by atoms with Gasteiger partial charge in [0.25, 0.3) is 0 Å². The lowest BCUT2D eigenvalue weighted by Gasteiger charge is -2.28. The first-order chi connectivity index (χ1) is 9.17. The number of hydrogen-bond donors (Lipinski definition) is 0. The number of nitrogens with zero attached hydrogens (tertiary/aromatic N) is 2. The Morgan fingerprint density at radius 3 is 2.84 bits per heavy atom. The van der Waals surface area contributed by atoms with E-state index in [9.17, 15) is 0 Å². The maximum atomic E-state index is 6.06. The number of hydrogen-bond acceptors (Lipinski definition) is 2. The van der Waals surface area contributed by atoms with Crippen LogP contribution < -0.4 is 4.90 Å². The number of aromatic nitrogens is 1. The zero-order valence-corrected chi connectivity index (χ0v) is 12.8. The van der Waals surface area contributed by atoms with Crippen molar-refractivity contribution in [2.75, 3.05) is 18.5 Å². The van der Waals surface area contributed by atoms with Gasteiger partial charge in [-0.1, -0.05) is 18.0 Å². The summed E-state index contributed by atoms with van der Waals surface area (Å²) in [6.45, 7) is 1.11. The Kier molecular flexibility index (Phi) is 3.91. The van der Waals surface area contributed by atoms with Gasteiger partial charge in [-0.25, -0.2) is 4.98 Å². The van der Waals surface area contributed by atoms with Crippen molar-refractivity contribution in [3.05, 3.63) is 22.8 Å². The summed E-state index contributed by atoms with van der Waals surface area (Å²) in [5, 5.41) is 0.659. The van der Waals surface area contributed by atoms with Crippen LogP contribution in [-0.2, 0) is 5.88 Å². The second kappa shape index (κ2) is 5.49. The van der Waals surface area contributed by atoms with E-state index in [1.54, 1.807) is 6.20 Å². The van der Waals surface area contributed by atoms with Crippen LogP contribution in [0.15, 0.2) is 12.3 Å². The summed E-state index contributed by atoms with van der Waals surface area (Å²) < 4.78 is 0. The van der Waals surface area contributed by atoms with E-state index in [4.69, 9.17) is 23.2 Å². The van der Waals surface area contributed by atoms with Crippen LogP contribution in [0.5, 0.6) is 0 Å². The molecule has 3 atom stereocenters. The molecule has 2 nitrogen and oxygen atoms in total. The first-order valence-corrected chi connectivity index (χ1v) is 8.00. The van der Waals surface area contributed by atoms with Gasteiger partial charge >= 0.3 is 0 Å². The Bertz CT molecular complexity index is 463. The van der Waals surface area contributed by atoms with Crippen LogP contribution in [0.1, 0.15) is 31.2 Å². The topological polar surface area (TPSA) is 16.1 Å². The molecule has 2 aliphatic rings. The quantitative estimate of drug-likeness (QED) is 0.769. The minimum absolute atomic E-state index is 0.441. The average molecular weight is 299 g/mol. The van der Waals surface area contributed by atoms with Gasteiger partial charge in [0.15, 0.2) is 0 Å². The van der Waals surface area contributed by atoms with Crippen molar-refractivity contribution >= 4 is 29.0 Å². The van der Waals surface area contributed by atoms with Gasteiger partial charge in [-0.05, 0) is 48.6 Å². The zero-order valence-electron chi connectivity index (χ0n) is 11.3. The molecule has 1 aromatic rings. The number of rotatable bonds is 4. The molecule has 4 heteroatoms. The third-order valence-electron chi connectivity index (χ3n) is 4.85. The highest BCUT2D eigenvalue weighted by atomic mass is 35.5. The standard InChI is InChI=1S/C15H20Cl2N2/c1-19(9-13-5-10-2-3-11(13)4-10)15-6-12(7-16)14(17)8-18-15/h6,8,10-11,13H,2-5,7,9H2,1H3. The molecule has 0 N–H and O–H groups in total. The van der Waals surface area contributed by atoms with Crippen molar-refractivity contribution in [1.29, 1.82) is 0 Å². The molecule has 2 aliphatic carbocycles.